The third-order valence-corrected chi connectivity index (χ3v) is 2.92. The summed E-state index contributed by atoms with van der Waals surface area (Å²) in [5.41, 5.74) is 1.25. The van der Waals surface area contributed by atoms with Gasteiger partial charge in [0.1, 0.15) is 0 Å². The zero-order valence-electron chi connectivity index (χ0n) is 8.62. The van der Waals surface area contributed by atoms with Gasteiger partial charge in [-0.1, -0.05) is 0 Å². The standard InChI is InChI=1S/C11H18N2O/c1-9-10(4-6-14-9)7-12-8-11-3-2-5-13-11/h2-3,5,9-10,12-13H,4,6-8H2,1H3. The van der Waals surface area contributed by atoms with E-state index in [1.54, 1.807) is 0 Å². The molecule has 1 fully saturated rings. The molecular formula is C11H18N2O. The van der Waals surface area contributed by atoms with Gasteiger partial charge < -0.3 is 15.0 Å². The van der Waals surface area contributed by atoms with Gasteiger partial charge >= 0.3 is 0 Å². The fraction of sp³-hybridized carbons (Fsp3) is 0.636. The van der Waals surface area contributed by atoms with E-state index in [0.29, 0.717) is 12.0 Å². The molecule has 2 rings (SSSR count). The number of H-pyrrole nitrogens is 1. The first-order valence-corrected chi connectivity index (χ1v) is 5.31. The van der Waals surface area contributed by atoms with Crippen molar-refractivity contribution in [2.75, 3.05) is 13.2 Å². The minimum atomic E-state index is 0.422. The van der Waals surface area contributed by atoms with Crippen molar-refractivity contribution in [2.24, 2.45) is 5.92 Å². The maximum Gasteiger partial charge on any atom is 0.0588 e. The van der Waals surface area contributed by atoms with Crippen LogP contribution in [-0.4, -0.2) is 24.2 Å². The van der Waals surface area contributed by atoms with Gasteiger partial charge in [-0.3, -0.25) is 0 Å². The Bertz CT molecular complexity index is 258. The number of aromatic nitrogens is 1. The lowest BCUT2D eigenvalue weighted by Gasteiger charge is -2.14. The summed E-state index contributed by atoms with van der Waals surface area (Å²) in [7, 11) is 0. The van der Waals surface area contributed by atoms with Crippen LogP contribution >= 0.6 is 0 Å². The second-order valence-electron chi connectivity index (χ2n) is 3.95. The van der Waals surface area contributed by atoms with Gasteiger partial charge in [0.05, 0.1) is 6.10 Å². The highest BCUT2D eigenvalue weighted by atomic mass is 16.5. The van der Waals surface area contributed by atoms with Crippen LogP contribution in [0, 0.1) is 5.92 Å². The lowest BCUT2D eigenvalue weighted by atomic mass is 10.0. The number of ether oxygens (including phenoxy) is 1. The van der Waals surface area contributed by atoms with Crippen molar-refractivity contribution in [1.82, 2.24) is 10.3 Å². The van der Waals surface area contributed by atoms with Gasteiger partial charge in [-0.25, -0.2) is 0 Å². The summed E-state index contributed by atoms with van der Waals surface area (Å²) in [6.45, 7) is 5.07. The Hall–Kier alpha value is -0.800. The van der Waals surface area contributed by atoms with Crippen molar-refractivity contribution in [1.29, 1.82) is 0 Å². The molecule has 2 unspecified atom stereocenters. The second-order valence-corrected chi connectivity index (χ2v) is 3.95. The van der Waals surface area contributed by atoms with Gasteiger partial charge in [0.15, 0.2) is 0 Å². The van der Waals surface area contributed by atoms with Crippen LogP contribution in [0.25, 0.3) is 0 Å². The Morgan fingerprint density at radius 1 is 1.64 bits per heavy atom. The summed E-state index contributed by atoms with van der Waals surface area (Å²) >= 11 is 0. The number of rotatable bonds is 4. The third-order valence-electron chi connectivity index (χ3n) is 2.92. The second kappa shape index (κ2) is 4.62. The van der Waals surface area contributed by atoms with E-state index >= 15 is 0 Å². The molecule has 1 aliphatic rings. The largest absolute Gasteiger partial charge is 0.378 e. The Morgan fingerprint density at radius 3 is 3.21 bits per heavy atom. The first-order valence-electron chi connectivity index (χ1n) is 5.31. The van der Waals surface area contributed by atoms with E-state index in [-0.39, 0.29) is 0 Å². The summed E-state index contributed by atoms with van der Waals surface area (Å²) in [6, 6.07) is 4.12. The van der Waals surface area contributed by atoms with Crippen molar-refractivity contribution in [2.45, 2.75) is 26.0 Å². The van der Waals surface area contributed by atoms with Crippen LogP contribution < -0.4 is 5.32 Å². The predicted molar refractivity (Wildman–Crippen MR) is 56.0 cm³/mol. The lowest BCUT2D eigenvalue weighted by Crippen LogP contribution is -2.26. The van der Waals surface area contributed by atoms with E-state index in [2.05, 4.69) is 23.3 Å². The summed E-state index contributed by atoms with van der Waals surface area (Å²) in [5, 5.41) is 3.45. The third kappa shape index (κ3) is 2.36. The van der Waals surface area contributed by atoms with E-state index in [1.165, 1.54) is 12.1 Å². The summed E-state index contributed by atoms with van der Waals surface area (Å²) in [5.74, 6) is 0.685. The molecule has 1 saturated heterocycles. The lowest BCUT2D eigenvalue weighted by molar-refractivity contribution is 0.105. The van der Waals surface area contributed by atoms with Gasteiger partial charge in [-0.2, -0.15) is 0 Å². The van der Waals surface area contributed by atoms with Crippen LogP contribution in [0.5, 0.6) is 0 Å². The zero-order valence-corrected chi connectivity index (χ0v) is 8.62. The van der Waals surface area contributed by atoms with Gasteiger partial charge in [0.25, 0.3) is 0 Å². The molecule has 0 aromatic carbocycles. The zero-order chi connectivity index (χ0) is 9.80. The molecule has 0 bridgehead atoms. The van der Waals surface area contributed by atoms with Crippen LogP contribution in [0.3, 0.4) is 0 Å². The molecule has 0 spiro atoms. The van der Waals surface area contributed by atoms with Gasteiger partial charge in [-0.05, 0) is 31.4 Å². The number of aromatic amines is 1. The highest BCUT2D eigenvalue weighted by Gasteiger charge is 2.23. The maximum atomic E-state index is 5.51. The first kappa shape index (κ1) is 9.74. The molecule has 3 nitrogen and oxygen atoms in total. The average Bonchev–Trinajstić information content (AvgIpc) is 2.78. The molecule has 1 aromatic heterocycles. The molecule has 1 aliphatic heterocycles. The Balaban J connectivity index is 1.68. The molecule has 0 amide bonds. The molecule has 14 heavy (non-hydrogen) atoms. The van der Waals surface area contributed by atoms with Gasteiger partial charge in [0.2, 0.25) is 0 Å². The fourth-order valence-corrected chi connectivity index (χ4v) is 1.91. The normalized spacial score (nSPS) is 26.9. The molecule has 2 N–H and O–H groups in total. The molecule has 3 heteroatoms. The minimum absolute atomic E-state index is 0.422. The number of hydrogen-bond donors (Lipinski definition) is 2. The van der Waals surface area contributed by atoms with E-state index in [1.807, 2.05) is 12.3 Å². The van der Waals surface area contributed by atoms with Crippen LogP contribution in [0.4, 0.5) is 0 Å². The number of hydrogen-bond acceptors (Lipinski definition) is 2. The van der Waals surface area contributed by atoms with Crippen LogP contribution in [0.15, 0.2) is 18.3 Å². The van der Waals surface area contributed by atoms with Gasteiger partial charge in [0, 0.05) is 31.6 Å². The molecule has 1 aromatic rings. The molecule has 2 heterocycles. The molecule has 2 atom stereocenters. The SMILES string of the molecule is CC1OCCC1CNCc1ccc[nH]1. The number of nitrogens with one attached hydrogen (secondary N) is 2. The van der Waals surface area contributed by atoms with Crippen LogP contribution in [-0.2, 0) is 11.3 Å². The van der Waals surface area contributed by atoms with Crippen molar-refractivity contribution >= 4 is 0 Å². The predicted octanol–water partition coefficient (Wildman–Crippen LogP) is 1.53. The molecular weight excluding hydrogens is 176 g/mol. The summed E-state index contributed by atoms with van der Waals surface area (Å²) < 4.78 is 5.51. The average molecular weight is 194 g/mol. The van der Waals surface area contributed by atoms with E-state index in [4.69, 9.17) is 4.74 Å². The van der Waals surface area contributed by atoms with Crippen molar-refractivity contribution in [3.05, 3.63) is 24.0 Å². The van der Waals surface area contributed by atoms with Crippen LogP contribution in [0.2, 0.25) is 0 Å². The quantitative estimate of drug-likeness (QED) is 0.762. The molecule has 0 aliphatic carbocycles. The Morgan fingerprint density at radius 2 is 2.57 bits per heavy atom. The first-order chi connectivity index (χ1) is 6.86. The van der Waals surface area contributed by atoms with Crippen molar-refractivity contribution in [3.8, 4) is 0 Å². The van der Waals surface area contributed by atoms with Crippen molar-refractivity contribution < 1.29 is 4.74 Å². The molecule has 0 radical (unpaired) electrons. The maximum absolute atomic E-state index is 5.51. The Kier molecular flexibility index (Phi) is 3.22. The molecule has 78 valence electrons. The van der Waals surface area contributed by atoms with Crippen molar-refractivity contribution in [3.63, 3.8) is 0 Å². The summed E-state index contributed by atoms with van der Waals surface area (Å²) in [6.07, 6.45) is 3.57. The topological polar surface area (TPSA) is 37.0 Å². The fourth-order valence-electron chi connectivity index (χ4n) is 1.91. The monoisotopic (exact) mass is 194 g/mol. The van der Waals surface area contributed by atoms with Gasteiger partial charge in [-0.15, -0.1) is 0 Å². The van der Waals surface area contributed by atoms with E-state index in [0.717, 1.165) is 19.7 Å². The molecule has 0 saturated carbocycles. The van der Waals surface area contributed by atoms with E-state index in [9.17, 15) is 0 Å². The minimum Gasteiger partial charge on any atom is -0.378 e. The summed E-state index contributed by atoms with van der Waals surface area (Å²) in [4.78, 5) is 3.18. The highest BCUT2D eigenvalue weighted by Crippen LogP contribution is 2.19. The van der Waals surface area contributed by atoms with E-state index < -0.39 is 0 Å². The smallest absolute Gasteiger partial charge is 0.0588 e. The Labute approximate surface area is 84.9 Å². The van der Waals surface area contributed by atoms with Crippen LogP contribution in [0.1, 0.15) is 19.0 Å². The highest BCUT2D eigenvalue weighted by molar-refractivity contribution is 5.02.